The van der Waals surface area contributed by atoms with Crippen molar-refractivity contribution in [3.8, 4) is 11.5 Å². The van der Waals surface area contributed by atoms with E-state index >= 15 is 0 Å². The van der Waals surface area contributed by atoms with Crippen LogP contribution in [0, 0.1) is 23.0 Å². The Kier molecular flexibility index (Phi) is 6.38. The topological polar surface area (TPSA) is 109 Å². The number of hydrogen-bond acceptors (Lipinski definition) is 6. The smallest absolute Gasteiger partial charge is 0.390 e. The van der Waals surface area contributed by atoms with Crippen molar-refractivity contribution in [3.63, 3.8) is 0 Å². The lowest BCUT2D eigenvalue weighted by atomic mass is 10.0. The Labute approximate surface area is 157 Å². The Balaban J connectivity index is 2.09. The number of carbonyl (C=O) groups is 1. The maximum absolute atomic E-state index is 12.6. The number of ether oxygens (including phenoxy) is 2. The zero-order valence-electron chi connectivity index (χ0n) is 16.1. The molecule has 146 valence electrons. The van der Waals surface area contributed by atoms with Crippen LogP contribution in [0.3, 0.4) is 0 Å². The van der Waals surface area contributed by atoms with Crippen LogP contribution >= 0.6 is 0 Å². The average molecular weight is 376 g/mol. The number of benzene rings is 1. The third-order valence-corrected chi connectivity index (χ3v) is 4.31. The van der Waals surface area contributed by atoms with E-state index in [0.29, 0.717) is 17.2 Å². The summed E-state index contributed by atoms with van der Waals surface area (Å²) in [5, 5.41) is 17.7. The van der Waals surface area contributed by atoms with E-state index < -0.39 is 10.8 Å². The van der Waals surface area contributed by atoms with E-state index in [1.807, 2.05) is 13.0 Å². The summed E-state index contributed by atoms with van der Waals surface area (Å²) >= 11 is 0. The fourth-order valence-corrected chi connectivity index (χ4v) is 2.72. The second-order valence-electron chi connectivity index (χ2n) is 6.32. The summed E-state index contributed by atoms with van der Waals surface area (Å²) in [5.41, 5.74) is 1.42. The Morgan fingerprint density at radius 2 is 2.00 bits per heavy atom. The number of amides is 1. The molecule has 1 amide bonds. The van der Waals surface area contributed by atoms with Gasteiger partial charge in [0.25, 0.3) is 0 Å². The van der Waals surface area contributed by atoms with Gasteiger partial charge in [-0.1, -0.05) is 6.92 Å². The number of nitrogens with zero attached hydrogens (tertiary/aromatic N) is 3. The van der Waals surface area contributed by atoms with Crippen LogP contribution < -0.4 is 14.8 Å². The van der Waals surface area contributed by atoms with Gasteiger partial charge in [0.15, 0.2) is 0 Å². The van der Waals surface area contributed by atoms with Crippen LogP contribution in [-0.2, 0) is 11.3 Å². The monoisotopic (exact) mass is 376 g/mol. The minimum atomic E-state index is -0.550. The maximum atomic E-state index is 12.6. The summed E-state index contributed by atoms with van der Waals surface area (Å²) in [7, 11) is 3.14. The summed E-state index contributed by atoms with van der Waals surface area (Å²) in [6.45, 7) is 5.56. The molecule has 1 N–H and O–H groups in total. The number of methoxy groups -OCH3 is 2. The van der Waals surface area contributed by atoms with Crippen molar-refractivity contribution in [1.29, 1.82) is 0 Å². The molecule has 0 saturated heterocycles. The second-order valence-corrected chi connectivity index (χ2v) is 6.32. The van der Waals surface area contributed by atoms with Crippen LogP contribution in [0.25, 0.3) is 0 Å². The summed E-state index contributed by atoms with van der Waals surface area (Å²) in [5.74, 6) is 0.469. The predicted molar refractivity (Wildman–Crippen MR) is 98.9 cm³/mol. The highest BCUT2D eigenvalue weighted by Crippen LogP contribution is 2.29. The Hall–Kier alpha value is -3.10. The molecule has 2 unspecified atom stereocenters. The molecule has 0 saturated carbocycles. The van der Waals surface area contributed by atoms with Gasteiger partial charge in [0.2, 0.25) is 5.91 Å². The first kappa shape index (κ1) is 20.2. The summed E-state index contributed by atoms with van der Waals surface area (Å²) in [6, 6.07) is 6.46. The van der Waals surface area contributed by atoms with Crippen LogP contribution in [0.1, 0.15) is 31.1 Å². The van der Waals surface area contributed by atoms with E-state index in [4.69, 9.17) is 9.47 Å². The van der Waals surface area contributed by atoms with Gasteiger partial charge in [-0.2, -0.15) is 4.68 Å². The third kappa shape index (κ3) is 4.75. The van der Waals surface area contributed by atoms with Gasteiger partial charge in [-0.25, -0.2) is 0 Å². The molecule has 0 aliphatic carbocycles. The normalized spacial score (nSPS) is 12.9. The average Bonchev–Trinajstić information content (AvgIpc) is 3.01. The predicted octanol–water partition coefficient (Wildman–Crippen LogP) is 2.63. The van der Waals surface area contributed by atoms with E-state index in [1.165, 1.54) is 10.7 Å². The molecular weight excluding hydrogens is 352 g/mol. The Morgan fingerprint density at radius 3 is 2.56 bits per heavy atom. The van der Waals surface area contributed by atoms with Gasteiger partial charge in [-0.05, 0) is 37.0 Å². The highest BCUT2D eigenvalue weighted by atomic mass is 16.6. The molecule has 1 aromatic heterocycles. The van der Waals surface area contributed by atoms with Crippen molar-refractivity contribution in [2.45, 2.75) is 33.4 Å². The molecule has 0 bridgehead atoms. The van der Waals surface area contributed by atoms with E-state index in [0.717, 1.165) is 5.56 Å². The highest BCUT2D eigenvalue weighted by Gasteiger charge is 2.23. The van der Waals surface area contributed by atoms with Gasteiger partial charge in [-0.15, -0.1) is 0 Å². The van der Waals surface area contributed by atoms with E-state index in [2.05, 4.69) is 10.4 Å². The highest BCUT2D eigenvalue weighted by molar-refractivity contribution is 5.78. The van der Waals surface area contributed by atoms with E-state index in [-0.39, 0.29) is 24.3 Å². The van der Waals surface area contributed by atoms with Crippen molar-refractivity contribution in [1.82, 2.24) is 15.1 Å². The number of rotatable bonds is 8. The lowest BCUT2D eigenvalue weighted by molar-refractivity contribution is -0.389. The van der Waals surface area contributed by atoms with Crippen molar-refractivity contribution in [2.75, 3.05) is 14.2 Å². The molecule has 27 heavy (non-hydrogen) atoms. The Morgan fingerprint density at radius 1 is 1.30 bits per heavy atom. The van der Waals surface area contributed by atoms with E-state index in [1.54, 1.807) is 40.2 Å². The second kappa shape index (κ2) is 8.52. The summed E-state index contributed by atoms with van der Waals surface area (Å²) in [4.78, 5) is 22.9. The van der Waals surface area contributed by atoms with Crippen LogP contribution in [0.15, 0.2) is 24.3 Å². The quantitative estimate of drug-likeness (QED) is 0.560. The zero-order chi connectivity index (χ0) is 20.1. The fourth-order valence-electron chi connectivity index (χ4n) is 2.72. The molecular formula is C18H24N4O5. The van der Waals surface area contributed by atoms with Crippen molar-refractivity contribution in [2.24, 2.45) is 5.92 Å². The van der Waals surface area contributed by atoms with Crippen LogP contribution in [0.2, 0.25) is 0 Å². The molecule has 0 aliphatic heterocycles. The Bertz CT molecular complexity index is 833. The molecule has 2 aromatic rings. The van der Waals surface area contributed by atoms with Crippen molar-refractivity contribution < 1.29 is 19.2 Å². The molecule has 9 heteroatoms. The van der Waals surface area contributed by atoms with Crippen LogP contribution in [0.5, 0.6) is 11.5 Å². The van der Waals surface area contributed by atoms with Crippen molar-refractivity contribution >= 4 is 11.7 Å². The molecule has 0 spiro atoms. The summed E-state index contributed by atoms with van der Waals surface area (Å²) in [6.07, 6.45) is 0. The number of nitrogens with one attached hydrogen (secondary N) is 1. The molecule has 0 aliphatic rings. The van der Waals surface area contributed by atoms with Crippen molar-refractivity contribution in [3.05, 3.63) is 45.6 Å². The molecule has 2 rings (SSSR count). The minimum Gasteiger partial charge on any atom is -0.497 e. The van der Waals surface area contributed by atoms with Gasteiger partial charge < -0.3 is 24.9 Å². The third-order valence-electron chi connectivity index (χ3n) is 4.31. The van der Waals surface area contributed by atoms with Gasteiger partial charge >= 0.3 is 5.82 Å². The first-order chi connectivity index (χ1) is 12.8. The molecule has 1 heterocycles. The number of carbonyl (C=O) groups excluding carboxylic acids is 1. The fraction of sp³-hybridized carbons (Fsp3) is 0.444. The first-order valence-electron chi connectivity index (χ1n) is 8.48. The standard InChI is InChI=1S/C18H24N4O5/c1-11(10-21-12(2)8-17(20-21)22(24)25)18(23)19-13(3)15-9-14(26-4)6-7-16(15)27-5/h6-9,11,13H,10H2,1-5H3,(H,19,23). The largest absolute Gasteiger partial charge is 0.497 e. The lowest BCUT2D eigenvalue weighted by Crippen LogP contribution is -2.34. The minimum absolute atomic E-state index is 0.190. The van der Waals surface area contributed by atoms with Crippen LogP contribution in [0.4, 0.5) is 5.82 Å². The first-order valence-corrected chi connectivity index (χ1v) is 8.48. The van der Waals surface area contributed by atoms with Crippen LogP contribution in [-0.4, -0.2) is 34.8 Å². The van der Waals surface area contributed by atoms with Gasteiger partial charge in [0, 0.05) is 5.56 Å². The van der Waals surface area contributed by atoms with Gasteiger partial charge in [0.05, 0.1) is 49.6 Å². The summed E-state index contributed by atoms with van der Waals surface area (Å²) < 4.78 is 12.1. The molecule has 0 fully saturated rings. The van der Waals surface area contributed by atoms with E-state index in [9.17, 15) is 14.9 Å². The molecule has 9 nitrogen and oxygen atoms in total. The van der Waals surface area contributed by atoms with Gasteiger partial charge in [-0.3, -0.25) is 4.79 Å². The number of aromatic nitrogens is 2. The molecule has 2 atom stereocenters. The molecule has 0 radical (unpaired) electrons. The SMILES string of the molecule is COc1ccc(OC)c(C(C)NC(=O)C(C)Cn2nc([N+](=O)[O-])cc2C)c1. The molecule has 1 aromatic carbocycles. The maximum Gasteiger partial charge on any atom is 0.390 e. The lowest BCUT2D eigenvalue weighted by Gasteiger charge is -2.20. The number of hydrogen-bond donors (Lipinski definition) is 1. The number of nitro groups is 1. The number of aryl methyl sites for hydroxylation is 1. The zero-order valence-corrected chi connectivity index (χ0v) is 16.1. The van der Waals surface area contributed by atoms with Gasteiger partial charge in [0.1, 0.15) is 11.5 Å².